The number of nitro groups is 1. The van der Waals surface area contributed by atoms with Gasteiger partial charge < -0.3 is 38.5 Å². The van der Waals surface area contributed by atoms with Crippen LogP contribution in [0.25, 0.3) is 6.08 Å². The van der Waals surface area contributed by atoms with Crippen LogP contribution in [0.2, 0.25) is 0 Å². The van der Waals surface area contributed by atoms with Gasteiger partial charge in [0.15, 0.2) is 24.3 Å². The molecule has 16 atom stereocenters. The number of carbonyl (C=O) groups is 4. The van der Waals surface area contributed by atoms with Crippen molar-refractivity contribution in [3.05, 3.63) is 57.7 Å². The second kappa shape index (κ2) is 17.7. The summed E-state index contributed by atoms with van der Waals surface area (Å²) in [5.74, 6) is -0.136. The molecule has 1 N–H and O–H groups in total. The van der Waals surface area contributed by atoms with Crippen LogP contribution in [0.15, 0.2) is 42.0 Å². The molecule has 15 heteroatoms. The Morgan fingerprint density at radius 3 is 2.40 bits per heavy atom. The summed E-state index contributed by atoms with van der Waals surface area (Å²) in [5.41, 5.74) is 1.53. The average molecular weight is 877 g/mol. The van der Waals surface area contributed by atoms with Crippen molar-refractivity contribution in [1.29, 1.82) is 0 Å². The van der Waals surface area contributed by atoms with E-state index in [4.69, 9.17) is 33.2 Å². The van der Waals surface area contributed by atoms with E-state index in [1.165, 1.54) is 50.6 Å². The zero-order valence-electron chi connectivity index (χ0n) is 37.6. The summed E-state index contributed by atoms with van der Waals surface area (Å²) >= 11 is 0. The van der Waals surface area contributed by atoms with Crippen LogP contribution in [-0.2, 0) is 52.3 Å². The lowest BCUT2D eigenvalue weighted by Crippen LogP contribution is -2.67. The van der Waals surface area contributed by atoms with Crippen molar-refractivity contribution in [2.45, 2.75) is 155 Å². The molecule has 15 nitrogen and oxygen atoms in total. The van der Waals surface area contributed by atoms with E-state index in [1.54, 1.807) is 6.07 Å². The summed E-state index contributed by atoms with van der Waals surface area (Å²) < 4.78 is 43.6. The number of nitrogens with zero attached hydrogens (tertiary/aromatic N) is 1. The molecule has 3 heterocycles. The maximum Gasteiger partial charge on any atom is 0.303 e. The number of esters is 3. The van der Waals surface area contributed by atoms with E-state index >= 15 is 0 Å². The molecule has 4 aliphatic carbocycles. The van der Waals surface area contributed by atoms with Crippen LogP contribution in [-0.4, -0.2) is 90.6 Å². The molecule has 344 valence electrons. The molecule has 1 amide bonds. The molecular weight excluding hydrogens is 813 g/mol. The van der Waals surface area contributed by atoms with Gasteiger partial charge in [0, 0.05) is 45.3 Å². The lowest BCUT2D eigenvalue weighted by molar-refractivity contribution is -0.385. The molecule has 63 heavy (non-hydrogen) atoms. The first-order chi connectivity index (χ1) is 29.9. The van der Waals surface area contributed by atoms with Crippen molar-refractivity contribution in [3.63, 3.8) is 0 Å². The van der Waals surface area contributed by atoms with E-state index in [-0.39, 0.29) is 40.9 Å². The lowest BCUT2D eigenvalue weighted by atomic mass is 9.47. The predicted octanol–water partition coefficient (Wildman–Crippen LogP) is 7.00. The van der Waals surface area contributed by atoms with Crippen LogP contribution in [0.4, 0.5) is 5.69 Å². The van der Waals surface area contributed by atoms with Gasteiger partial charge in [-0.25, -0.2) is 0 Å². The molecule has 1 aromatic rings. The summed E-state index contributed by atoms with van der Waals surface area (Å²) in [5, 5.41) is 14.5. The number of allylic oxidation sites excluding steroid dienone is 1. The summed E-state index contributed by atoms with van der Waals surface area (Å²) in [6.45, 7) is 13.6. The Balaban J connectivity index is 1.02. The van der Waals surface area contributed by atoms with Gasteiger partial charge in [-0.1, -0.05) is 51.5 Å². The molecule has 8 rings (SSSR count). The number of carbonyl (C=O) groups excluding carboxylic acids is 4. The molecule has 1 aromatic carbocycles. The number of rotatable bonds is 10. The van der Waals surface area contributed by atoms with Crippen LogP contribution in [0.5, 0.6) is 0 Å². The zero-order valence-corrected chi connectivity index (χ0v) is 37.6. The van der Waals surface area contributed by atoms with Gasteiger partial charge in [0.2, 0.25) is 5.91 Å². The standard InChI is InChI=1S/C48H64N2O13/c1-26-16-21-48(58-24-26)27(2)41-38(63-48)23-36-34-14-13-32-22-33(17-19-46(32,6)35(34)18-20-47(36,41)7)61-45-42(49-40(54)15-12-31-10-8-9-11-37(31)50(55)56)44(60-30(5)53)43(59-29(4)52)39(62-45)25-57-28(3)51/h8-13,15,26-27,33-36,38-39,41-45H,14,16-25H2,1-7H3,(H,49,54)/b15-12+/t26-,27+,33+,34-,35+,36+,38+,39-,41+,42-,43-,44-,45-,46+,47+,48-/m1/s1. The number of para-hydroxylation sites is 1. The summed E-state index contributed by atoms with van der Waals surface area (Å²) in [7, 11) is 0. The first-order valence-electron chi connectivity index (χ1n) is 22.9. The first-order valence-corrected chi connectivity index (χ1v) is 22.9. The Labute approximate surface area is 369 Å². The highest BCUT2D eigenvalue weighted by Gasteiger charge is 2.69. The fourth-order valence-electron chi connectivity index (χ4n) is 13.3. The molecule has 3 saturated carbocycles. The van der Waals surface area contributed by atoms with Gasteiger partial charge in [0.1, 0.15) is 18.8 Å². The van der Waals surface area contributed by atoms with Crippen LogP contribution in [0.1, 0.15) is 112 Å². The second-order valence-corrected chi connectivity index (χ2v) is 20.0. The monoisotopic (exact) mass is 876 g/mol. The van der Waals surface area contributed by atoms with Gasteiger partial charge in [0.25, 0.3) is 5.69 Å². The number of amides is 1. The minimum absolute atomic E-state index is 0.0252. The summed E-state index contributed by atoms with van der Waals surface area (Å²) in [6, 6.07) is 4.77. The fraction of sp³-hybridized carbons (Fsp3) is 0.708. The number of hydrogen-bond acceptors (Lipinski definition) is 13. The van der Waals surface area contributed by atoms with Crippen LogP contribution < -0.4 is 5.32 Å². The van der Waals surface area contributed by atoms with Gasteiger partial charge in [-0.15, -0.1) is 0 Å². The molecule has 0 radical (unpaired) electrons. The normalized spacial score (nSPS) is 41.6. The van der Waals surface area contributed by atoms with E-state index in [9.17, 15) is 29.3 Å². The molecule has 0 aromatic heterocycles. The highest BCUT2D eigenvalue weighted by molar-refractivity contribution is 5.92. The number of ether oxygens (including phenoxy) is 7. The third-order valence-corrected chi connectivity index (χ3v) is 16.2. The molecular formula is C48H64N2O13. The quantitative estimate of drug-likeness (QED) is 0.0633. The predicted molar refractivity (Wildman–Crippen MR) is 227 cm³/mol. The van der Waals surface area contributed by atoms with Crippen molar-refractivity contribution in [1.82, 2.24) is 5.32 Å². The Bertz CT molecular complexity index is 2010. The van der Waals surface area contributed by atoms with E-state index in [0.29, 0.717) is 48.3 Å². The maximum atomic E-state index is 13.7. The van der Waals surface area contributed by atoms with Gasteiger partial charge in [-0.05, 0) is 104 Å². The number of hydrogen-bond donors (Lipinski definition) is 1. The fourth-order valence-corrected chi connectivity index (χ4v) is 13.3. The SMILES string of the molecule is CC(=O)OC[C@H]1O[C@@H](O[C@H]2CC[C@@]3(C)C(=CC[C@H]4[C@@H]5C[C@@H]6O[C@]7(CC[C@@H](C)CO7)[C@@H](C)[C@@H]6[C@@]5(C)CC[C@@H]43)C2)[C@H](NC(=O)/C=C/c2ccccc2[N+](=O)[O-])[C@@H](OC(C)=O)[C@@H]1OC(C)=O. The van der Waals surface area contributed by atoms with Gasteiger partial charge in [-0.3, -0.25) is 29.3 Å². The number of nitrogens with one attached hydrogen (secondary N) is 1. The Kier molecular flexibility index (Phi) is 12.7. The third-order valence-electron chi connectivity index (χ3n) is 16.2. The lowest BCUT2D eigenvalue weighted by Gasteiger charge is -2.58. The average Bonchev–Trinajstić information content (AvgIpc) is 3.68. The third kappa shape index (κ3) is 8.59. The van der Waals surface area contributed by atoms with Gasteiger partial charge in [-0.2, -0.15) is 0 Å². The second-order valence-electron chi connectivity index (χ2n) is 20.0. The minimum Gasteiger partial charge on any atom is -0.463 e. The number of benzene rings is 1. The summed E-state index contributed by atoms with van der Waals surface area (Å²) in [6.07, 6.45) is 8.48. The molecule has 3 aliphatic heterocycles. The van der Waals surface area contributed by atoms with E-state index in [2.05, 4.69) is 39.1 Å². The topological polar surface area (TPSA) is 188 Å². The highest BCUT2D eigenvalue weighted by atomic mass is 16.7. The van der Waals surface area contributed by atoms with Crippen molar-refractivity contribution in [2.75, 3.05) is 13.2 Å². The first kappa shape index (κ1) is 45.4. The Morgan fingerprint density at radius 2 is 1.70 bits per heavy atom. The molecule has 3 saturated heterocycles. The van der Waals surface area contributed by atoms with Crippen molar-refractivity contribution in [2.24, 2.45) is 46.3 Å². The summed E-state index contributed by atoms with van der Waals surface area (Å²) in [4.78, 5) is 61.9. The van der Waals surface area contributed by atoms with Gasteiger partial charge in [0.05, 0.1) is 29.3 Å². The highest BCUT2D eigenvalue weighted by Crippen LogP contribution is 2.70. The van der Waals surface area contributed by atoms with E-state index < -0.39 is 65.2 Å². The van der Waals surface area contributed by atoms with Crippen molar-refractivity contribution in [3.8, 4) is 0 Å². The maximum absolute atomic E-state index is 13.7. The largest absolute Gasteiger partial charge is 0.463 e. The minimum atomic E-state index is -1.32. The van der Waals surface area contributed by atoms with Crippen LogP contribution in [0.3, 0.4) is 0 Å². The smallest absolute Gasteiger partial charge is 0.303 e. The Hall–Kier alpha value is -4.18. The molecule has 1 spiro atoms. The van der Waals surface area contributed by atoms with E-state index in [0.717, 1.165) is 57.6 Å². The molecule has 7 aliphatic rings. The zero-order chi connectivity index (χ0) is 45.0. The Morgan fingerprint density at radius 1 is 0.952 bits per heavy atom. The number of fused-ring (bicyclic) bond motifs is 7. The molecule has 0 bridgehead atoms. The van der Waals surface area contributed by atoms with E-state index in [1.807, 2.05) is 0 Å². The molecule has 6 fully saturated rings. The van der Waals surface area contributed by atoms with Crippen molar-refractivity contribution < 1.29 is 57.3 Å². The van der Waals surface area contributed by atoms with Crippen molar-refractivity contribution >= 4 is 35.6 Å². The molecule has 0 unspecified atom stereocenters. The number of nitro benzene ring substituents is 1. The van der Waals surface area contributed by atoms with Crippen LogP contribution in [0, 0.1) is 56.5 Å². The van der Waals surface area contributed by atoms with Gasteiger partial charge >= 0.3 is 17.9 Å². The van der Waals surface area contributed by atoms with Crippen LogP contribution >= 0.6 is 0 Å².